The van der Waals surface area contributed by atoms with Gasteiger partial charge in [0.15, 0.2) is 16.9 Å². The summed E-state index contributed by atoms with van der Waals surface area (Å²) in [5.41, 5.74) is 5.85. The van der Waals surface area contributed by atoms with E-state index in [2.05, 4.69) is 15.3 Å². The summed E-state index contributed by atoms with van der Waals surface area (Å²) in [6.07, 6.45) is 0. The molecular formula is C11H5N7OS. The first-order valence-corrected chi connectivity index (χ1v) is 6.20. The predicted octanol–water partition coefficient (Wildman–Crippen LogP) is 0.349. The van der Waals surface area contributed by atoms with Crippen LogP contribution >= 0.6 is 11.3 Å². The highest BCUT2D eigenvalue weighted by Gasteiger charge is 2.17. The van der Waals surface area contributed by atoms with Gasteiger partial charge in [-0.1, -0.05) is 0 Å². The Morgan fingerprint density at radius 3 is 2.90 bits per heavy atom. The topological polar surface area (TPSA) is 137 Å². The van der Waals surface area contributed by atoms with Crippen LogP contribution in [0.25, 0.3) is 21.6 Å². The van der Waals surface area contributed by atoms with Crippen molar-refractivity contribution in [3.05, 3.63) is 33.1 Å². The fraction of sp³-hybridized carbons (Fsp3) is 0. The van der Waals surface area contributed by atoms with Gasteiger partial charge in [0.05, 0.1) is 11.2 Å². The molecule has 20 heavy (non-hydrogen) atoms. The SMILES string of the molecule is N#CC(C#N)=C(N)c1n[nH]n2c1nc(=O)c1sccc12. The largest absolute Gasteiger partial charge is 0.395 e. The first kappa shape index (κ1) is 11.9. The average molecular weight is 283 g/mol. The Hall–Kier alpha value is -3.17. The van der Waals surface area contributed by atoms with Crippen LogP contribution in [0.3, 0.4) is 0 Å². The number of aromatic nitrogens is 4. The van der Waals surface area contributed by atoms with Crippen LogP contribution in [0.15, 0.2) is 21.8 Å². The number of nitrogens with zero attached hydrogens (tertiary/aromatic N) is 5. The second kappa shape index (κ2) is 4.19. The highest BCUT2D eigenvalue weighted by atomic mass is 32.1. The summed E-state index contributed by atoms with van der Waals surface area (Å²) in [6.45, 7) is 0. The van der Waals surface area contributed by atoms with Gasteiger partial charge in [-0.2, -0.15) is 20.6 Å². The molecule has 9 heteroatoms. The van der Waals surface area contributed by atoms with Gasteiger partial charge in [-0.25, -0.2) is 9.73 Å². The van der Waals surface area contributed by atoms with Gasteiger partial charge in [0, 0.05) is 0 Å². The smallest absolute Gasteiger partial charge is 0.291 e. The molecule has 0 aliphatic heterocycles. The van der Waals surface area contributed by atoms with Crippen molar-refractivity contribution in [2.45, 2.75) is 0 Å². The summed E-state index contributed by atoms with van der Waals surface area (Å²) in [4.78, 5) is 15.8. The maximum atomic E-state index is 11.9. The van der Waals surface area contributed by atoms with Crippen molar-refractivity contribution in [2.24, 2.45) is 5.73 Å². The highest BCUT2D eigenvalue weighted by Crippen LogP contribution is 2.20. The van der Waals surface area contributed by atoms with E-state index in [1.165, 1.54) is 15.9 Å². The van der Waals surface area contributed by atoms with Crippen molar-refractivity contribution < 1.29 is 0 Å². The number of hydrogen-bond donors (Lipinski definition) is 2. The summed E-state index contributed by atoms with van der Waals surface area (Å²) in [5.74, 6) is 0. The van der Waals surface area contributed by atoms with E-state index in [9.17, 15) is 4.79 Å². The summed E-state index contributed by atoms with van der Waals surface area (Å²) in [5, 5.41) is 26.0. The number of nitriles is 2. The van der Waals surface area contributed by atoms with Crippen LogP contribution < -0.4 is 11.3 Å². The molecule has 96 valence electrons. The molecule has 8 nitrogen and oxygen atoms in total. The molecule has 3 aromatic rings. The van der Waals surface area contributed by atoms with Crippen LogP contribution in [0.5, 0.6) is 0 Å². The van der Waals surface area contributed by atoms with Gasteiger partial charge in [0.1, 0.15) is 16.8 Å². The van der Waals surface area contributed by atoms with Gasteiger partial charge in [0.25, 0.3) is 5.56 Å². The Morgan fingerprint density at radius 1 is 1.45 bits per heavy atom. The van der Waals surface area contributed by atoms with Crippen molar-refractivity contribution in [2.75, 3.05) is 0 Å². The molecule has 0 radical (unpaired) electrons. The lowest BCUT2D eigenvalue weighted by Crippen LogP contribution is -2.10. The van der Waals surface area contributed by atoms with Gasteiger partial charge in [-0.3, -0.25) is 4.79 Å². The molecule has 0 bridgehead atoms. The zero-order chi connectivity index (χ0) is 14.3. The molecule has 0 fully saturated rings. The number of hydrogen-bond acceptors (Lipinski definition) is 7. The van der Waals surface area contributed by atoms with Crippen molar-refractivity contribution in [3.63, 3.8) is 0 Å². The number of nitrogens with two attached hydrogens (primary N) is 1. The lowest BCUT2D eigenvalue weighted by molar-refractivity contribution is 0.872. The fourth-order valence-corrected chi connectivity index (χ4v) is 2.56. The van der Waals surface area contributed by atoms with Crippen LogP contribution in [-0.2, 0) is 0 Å². The maximum absolute atomic E-state index is 11.9. The Morgan fingerprint density at radius 2 is 2.20 bits per heavy atom. The van der Waals surface area contributed by atoms with E-state index in [1.807, 2.05) is 0 Å². The van der Waals surface area contributed by atoms with E-state index >= 15 is 0 Å². The number of allylic oxidation sites excluding steroid dienone is 1. The number of thiophene rings is 1. The monoisotopic (exact) mass is 283 g/mol. The highest BCUT2D eigenvalue weighted by molar-refractivity contribution is 7.17. The summed E-state index contributed by atoms with van der Waals surface area (Å²) >= 11 is 1.27. The average Bonchev–Trinajstić information content (AvgIpc) is 3.05. The van der Waals surface area contributed by atoms with Crippen molar-refractivity contribution >= 4 is 32.9 Å². The lowest BCUT2D eigenvalue weighted by atomic mass is 10.2. The second-order valence-corrected chi connectivity index (χ2v) is 4.70. The molecular weight excluding hydrogens is 278 g/mol. The normalized spacial score (nSPS) is 10.3. The Bertz CT molecular complexity index is 991. The van der Waals surface area contributed by atoms with Gasteiger partial charge >= 0.3 is 0 Å². The number of aromatic amines is 1. The molecule has 0 spiro atoms. The summed E-state index contributed by atoms with van der Waals surface area (Å²) in [6, 6.07) is 5.10. The Kier molecular flexibility index (Phi) is 2.49. The second-order valence-electron chi connectivity index (χ2n) is 3.78. The standard InChI is InChI=1S/C11H5N7OS/c12-3-5(4-13)7(14)8-10-15-11(19)9-6(1-2-20-9)18(10)17-16-8/h1-2,17H,14H2. The van der Waals surface area contributed by atoms with Gasteiger partial charge in [0.2, 0.25) is 0 Å². The van der Waals surface area contributed by atoms with Crippen LogP contribution in [-0.4, -0.2) is 19.8 Å². The molecule has 0 saturated carbocycles. The first-order chi connectivity index (χ1) is 9.67. The summed E-state index contributed by atoms with van der Waals surface area (Å²) in [7, 11) is 0. The molecule has 0 amide bonds. The molecule has 0 atom stereocenters. The van der Waals surface area contributed by atoms with E-state index in [1.54, 1.807) is 23.6 Å². The zero-order valence-electron chi connectivity index (χ0n) is 9.78. The molecule has 0 aliphatic carbocycles. The fourth-order valence-electron chi connectivity index (χ4n) is 1.80. The summed E-state index contributed by atoms with van der Waals surface area (Å²) < 4.78 is 1.97. The third kappa shape index (κ3) is 1.48. The van der Waals surface area contributed by atoms with Crippen molar-refractivity contribution in [1.82, 2.24) is 19.8 Å². The maximum Gasteiger partial charge on any atom is 0.291 e. The van der Waals surface area contributed by atoms with Gasteiger partial charge in [-0.15, -0.1) is 11.3 Å². The molecule has 3 aromatic heterocycles. The Labute approximate surface area is 115 Å². The predicted molar refractivity (Wildman–Crippen MR) is 71.3 cm³/mol. The third-order valence-electron chi connectivity index (χ3n) is 2.72. The van der Waals surface area contributed by atoms with Crippen molar-refractivity contribution in [1.29, 1.82) is 10.5 Å². The van der Waals surface area contributed by atoms with Crippen LogP contribution in [0.2, 0.25) is 0 Å². The number of H-pyrrole nitrogens is 1. The quantitative estimate of drug-likeness (QED) is 0.618. The molecule has 3 N–H and O–H groups in total. The van der Waals surface area contributed by atoms with E-state index < -0.39 is 5.56 Å². The van der Waals surface area contributed by atoms with Gasteiger partial charge in [-0.05, 0) is 11.4 Å². The third-order valence-corrected chi connectivity index (χ3v) is 3.61. The van der Waals surface area contributed by atoms with E-state index in [-0.39, 0.29) is 22.6 Å². The lowest BCUT2D eigenvalue weighted by Gasteiger charge is -1.97. The van der Waals surface area contributed by atoms with Crippen LogP contribution in [0, 0.1) is 22.7 Å². The van der Waals surface area contributed by atoms with E-state index in [0.29, 0.717) is 10.2 Å². The first-order valence-electron chi connectivity index (χ1n) is 5.32. The number of fused-ring (bicyclic) bond motifs is 3. The number of nitrogens with one attached hydrogen (secondary N) is 1. The Balaban J connectivity index is 2.45. The van der Waals surface area contributed by atoms with Crippen LogP contribution in [0.4, 0.5) is 0 Å². The van der Waals surface area contributed by atoms with Crippen LogP contribution in [0.1, 0.15) is 5.69 Å². The molecule has 0 aliphatic rings. The molecule has 0 unspecified atom stereocenters. The van der Waals surface area contributed by atoms with Crippen molar-refractivity contribution in [3.8, 4) is 12.1 Å². The van der Waals surface area contributed by atoms with E-state index in [0.717, 1.165) is 0 Å². The molecule has 0 saturated heterocycles. The molecule has 3 heterocycles. The number of rotatable bonds is 1. The minimum atomic E-state index is -0.402. The minimum Gasteiger partial charge on any atom is -0.395 e. The zero-order valence-corrected chi connectivity index (χ0v) is 10.6. The van der Waals surface area contributed by atoms with Gasteiger partial charge < -0.3 is 5.73 Å². The minimum absolute atomic E-state index is 0.105. The molecule has 0 aromatic carbocycles. The molecule has 3 rings (SSSR count). The van der Waals surface area contributed by atoms with E-state index in [4.69, 9.17) is 16.3 Å².